The van der Waals surface area contributed by atoms with Crippen LogP contribution in [0, 0.1) is 0 Å². The van der Waals surface area contributed by atoms with Gasteiger partial charge < -0.3 is 4.74 Å². The Morgan fingerprint density at radius 1 is 0.243 bits per heavy atom. The van der Waals surface area contributed by atoms with E-state index in [1.807, 2.05) is 0 Å². The molecule has 0 aromatic heterocycles. The zero-order valence-corrected chi connectivity index (χ0v) is 30.3. The van der Waals surface area contributed by atoms with Crippen LogP contribution in [0.3, 0.4) is 0 Å². The van der Waals surface area contributed by atoms with Gasteiger partial charge in [0.15, 0.2) is 0 Å². The minimum Gasteiger partial charge on any atom is -0.413 e. The molecule has 0 aliphatic carbocycles. The standard InChI is InChI=1S/C25H5F43O2/c1-3(2)4(69)70-23(62,20(56,57)16(48,49)12(40,41)10(36,37)14(44,45)18(52,53)22(60,61)25(66,67)68)19(54,55)15(46,47)11(38,39)8(32,33)6(28,29)5(26,27)7(30,31)9(34,35)13(42,43)17(50,51)21(58,59)24(63,64)65/h1H2,2H3. The summed E-state index contributed by atoms with van der Waals surface area (Å²) in [4.78, 5) is 11.5. The largest absolute Gasteiger partial charge is 0.460 e. The van der Waals surface area contributed by atoms with Crippen molar-refractivity contribution >= 4 is 5.97 Å². The van der Waals surface area contributed by atoms with Gasteiger partial charge in [-0.1, -0.05) is 6.58 Å². The molecule has 70 heavy (non-hydrogen) atoms. The van der Waals surface area contributed by atoms with Crippen LogP contribution in [0.15, 0.2) is 12.2 Å². The van der Waals surface area contributed by atoms with Gasteiger partial charge in [0.05, 0.1) is 0 Å². The first-order valence-corrected chi connectivity index (χ1v) is 14.8. The molecule has 0 aliphatic rings. The molecular formula is C25H5F43O2. The van der Waals surface area contributed by atoms with Gasteiger partial charge in [0, 0.05) is 5.57 Å². The first kappa shape index (κ1) is 66.2. The maximum Gasteiger partial charge on any atom is 0.460 e. The average molecular weight is 1150 g/mol. The van der Waals surface area contributed by atoms with Gasteiger partial charge in [0.1, 0.15) is 0 Å². The van der Waals surface area contributed by atoms with Crippen LogP contribution >= 0.6 is 0 Å². The summed E-state index contributed by atoms with van der Waals surface area (Å²) >= 11 is 0. The zero-order valence-electron chi connectivity index (χ0n) is 30.3. The van der Waals surface area contributed by atoms with Crippen molar-refractivity contribution in [3.8, 4) is 0 Å². The van der Waals surface area contributed by atoms with Crippen LogP contribution in [0.4, 0.5) is 189 Å². The number of alkyl halides is 43. The van der Waals surface area contributed by atoms with Crippen molar-refractivity contribution in [1.82, 2.24) is 0 Å². The summed E-state index contributed by atoms with van der Waals surface area (Å²) in [5, 5.41) is 0. The van der Waals surface area contributed by atoms with Crippen LogP contribution in [0.1, 0.15) is 6.92 Å². The normalized spacial score (nSPS) is 17.7. The molecule has 0 rings (SSSR count). The molecule has 0 N–H and O–H groups in total. The van der Waals surface area contributed by atoms with E-state index in [0.29, 0.717) is 0 Å². The Morgan fingerprint density at radius 2 is 0.357 bits per heavy atom. The number of halogens is 43. The van der Waals surface area contributed by atoms with Crippen molar-refractivity contribution in [3.63, 3.8) is 0 Å². The van der Waals surface area contributed by atoms with E-state index >= 15 is 4.39 Å². The number of ether oxygens (including phenoxy) is 1. The van der Waals surface area contributed by atoms with Gasteiger partial charge in [0.2, 0.25) is 0 Å². The van der Waals surface area contributed by atoms with Crippen molar-refractivity contribution in [2.24, 2.45) is 0 Å². The second kappa shape index (κ2) is 16.1. The van der Waals surface area contributed by atoms with E-state index in [0.717, 1.165) is 0 Å². The second-order valence-electron chi connectivity index (χ2n) is 13.1. The van der Waals surface area contributed by atoms with E-state index in [-0.39, 0.29) is 0 Å². The Kier molecular flexibility index (Phi) is 15.2. The monoisotopic (exact) mass is 1150 g/mol. The van der Waals surface area contributed by atoms with Gasteiger partial charge in [-0.05, 0) is 6.92 Å². The third-order valence-corrected chi connectivity index (χ3v) is 8.41. The van der Waals surface area contributed by atoms with E-state index in [9.17, 15) is 189 Å². The second-order valence-corrected chi connectivity index (χ2v) is 13.1. The Labute approximate surface area is 349 Å². The van der Waals surface area contributed by atoms with Gasteiger partial charge in [-0.2, -0.15) is 189 Å². The summed E-state index contributed by atoms with van der Waals surface area (Å²) in [6.45, 7) is 1.15. The predicted octanol–water partition coefficient (Wildman–Crippen LogP) is 14.3. The summed E-state index contributed by atoms with van der Waals surface area (Å²) in [5.41, 5.74) is -2.64. The fourth-order valence-corrected chi connectivity index (χ4v) is 4.06. The van der Waals surface area contributed by atoms with E-state index in [1.165, 1.54) is 0 Å². The molecule has 0 bridgehead atoms. The van der Waals surface area contributed by atoms with Gasteiger partial charge in [-0.15, -0.1) is 0 Å². The van der Waals surface area contributed by atoms with Crippen LogP contribution in [0.2, 0.25) is 0 Å². The van der Waals surface area contributed by atoms with Crippen LogP contribution in [0.25, 0.3) is 0 Å². The van der Waals surface area contributed by atoms with E-state index in [1.54, 1.807) is 11.3 Å². The SMILES string of the molecule is C=C(C)C(=O)OC(F)(C(F)(F)C(F)(F)C(F)(F)C(F)(F)C(F)(F)C(F)(F)C(F)(F)C(F)(F)F)C(F)(F)C(F)(F)C(F)(F)C(F)(F)C(F)(F)C(F)(F)C(F)(F)C(F)(F)C(F)(F)C(F)(F)C(F)(F)C(F)(F)F. The van der Waals surface area contributed by atoms with E-state index in [4.69, 9.17) is 0 Å². The van der Waals surface area contributed by atoms with Crippen molar-refractivity contribution in [3.05, 3.63) is 12.2 Å². The number of carbonyl (C=O) groups excluding carboxylic acids is 1. The lowest BCUT2D eigenvalue weighted by molar-refractivity contribution is -0.503. The molecule has 0 amide bonds. The molecule has 0 fully saturated rings. The summed E-state index contributed by atoms with van der Waals surface area (Å²) < 4.78 is 594. The fraction of sp³-hybridized carbons (Fsp3) is 0.880. The van der Waals surface area contributed by atoms with Crippen molar-refractivity contribution in [2.75, 3.05) is 0 Å². The Bertz CT molecular complexity index is 1960. The Balaban J connectivity index is 8.63. The molecule has 0 aromatic carbocycles. The highest BCUT2D eigenvalue weighted by Crippen LogP contribution is 2.71. The van der Waals surface area contributed by atoms with Gasteiger partial charge in [-0.3, -0.25) is 0 Å². The minimum absolute atomic E-state index is 0.619. The minimum atomic E-state index is -10.7. The number of carbonyl (C=O) groups is 1. The van der Waals surface area contributed by atoms with Crippen LogP contribution in [0.5, 0.6) is 0 Å². The maximum absolute atomic E-state index is 15.4. The van der Waals surface area contributed by atoms with Crippen LogP contribution in [-0.2, 0) is 9.53 Å². The highest BCUT2D eigenvalue weighted by Gasteiger charge is 3.04. The molecule has 0 saturated carbocycles. The van der Waals surface area contributed by atoms with E-state index < -0.39 is 143 Å². The molecule has 0 saturated heterocycles. The van der Waals surface area contributed by atoms with Gasteiger partial charge in [0.25, 0.3) is 0 Å². The smallest absolute Gasteiger partial charge is 0.413 e. The highest BCUT2D eigenvalue weighted by atomic mass is 19.5. The lowest BCUT2D eigenvalue weighted by Gasteiger charge is -2.48. The number of esters is 1. The topological polar surface area (TPSA) is 26.3 Å². The molecular weight excluding hydrogens is 1150 g/mol. The molecule has 2 nitrogen and oxygen atoms in total. The third-order valence-electron chi connectivity index (χ3n) is 8.41. The van der Waals surface area contributed by atoms with E-state index in [2.05, 4.69) is 0 Å². The average Bonchev–Trinajstić information content (AvgIpc) is 3.11. The third kappa shape index (κ3) is 7.48. The molecule has 1 unspecified atom stereocenters. The first-order valence-electron chi connectivity index (χ1n) is 14.8. The number of rotatable bonds is 20. The van der Waals surface area contributed by atoms with Crippen LogP contribution in [-0.4, -0.2) is 131 Å². The molecule has 0 heterocycles. The molecule has 0 spiro atoms. The molecule has 45 heteroatoms. The Hall–Kier alpha value is -3.80. The van der Waals surface area contributed by atoms with Crippen molar-refractivity contribution < 1.29 is 198 Å². The summed E-state index contributed by atoms with van der Waals surface area (Å²) in [6.07, 6.45) is -17.1. The molecule has 1 atom stereocenters. The van der Waals surface area contributed by atoms with Gasteiger partial charge in [-0.25, -0.2) is 4.79 Å². The highest BCUT2D eigenvalue weighted by molar-refractivity contribution is 5.87. The lowest BCUT2D eigenvalue weighted by atomic mass is 9.81. The molecule has 418 valence electrons. The summed E-state index contributed by atoms with van der Waals surface area (Å²) in [6, 6.07) is 0. The predicted molar refractivity (Wildman–Crippen MR) is 126 cm³/mol. The fourth-order valence-electron chi connectivity index (χ4n) is 4.06. The number of hydrogen-bond donors (Lipinski definition) is 0. The Morgan fingerprint density at radius 3 is 0.471 bits per heavy atom. The van der Waals surface area contributed by atoms with Crippen molar-refractivity contribution in [1.29, 1.82) is 0 Å². The number of hydrogen-bond acceptors (Lipinski definition) is 2. The first-order chi connectivity index (χ1) is 29.3. The summed E-state index contributed by atoms with van der Waals surface area (Å²) in [5.74, 6) is -198. The van der Waals surface area contributed by atoms with Crippen molar-refractivity contribution in [2.45, 2.75) is 132 Å². The maximum atomic E-state index is 15.4. The molecule has 0 aromatic rings. The molecule has 0 aliphatic heterocycles. The zero-order chi connectivity index (χ0) is 58.4. The van der Waals surface area contributed by atoms with Gasteiger partial charge >= 0.3 is 131 Å². The lowest BCUT2D eigenvalue weighted by Crippen LogP contribution is -2.82. The quantitative estimate of drug-likeness (QED) is 0.0690. The summed E-state index contributed by atoms with van der Waals surface area (Å²) in [7, 11) is 0. The van der Waals surface area contributed by atoms with Crippen LogP contribution < -0.4 is 0 Å². The molecule has 0 radical (unpaired) electrons.